The number of rotatable bonds is 8. The molecule has 82 valence electrons. The fourth-order valence-electron chi connectivity index (χ4n) is 1.69. The maximum Gasteiger partial charge on any atom is 0.0110 e. The van der Waals surface area contributed by atoms with E-state index in [0.717, 1.165) is 25.6 Å². The van der Waals surface area contributed by atoms with Crippen molar-refractivity contribution in [1.29, 1.82) is 0 Å². The second-order valence-electron chi connectivity index (χ2n) is 4.32. The van der Waals surface area contributed by atoms with E-state index in [-0.39, 0.29) is 0 Å². The summed E-state index contributed by atoms with van der Waals surface area (Å²) in [4.78, 5) is 2.58. The Bertz CT molecular complexity index is 173. The van der Waals surface area contributed by atoms with Gasteiger partial charge in [0, 0.05) is 19.1 Å². The van der Waals surface area contributed by atoms with Crippen LogP contribution in [0, 0.1) is 0 Å². The summed E-state index contributed by atoms with van der Waals surface area (Å²) in [5.74, 6) is 0. The van der Waals surface area contributed by atoms with E-state index < -0.39 is 0 Å². The normalized spacial score (nSPS) is 16.2. The molecule has 1 rings (SSSR count). The summed E-state index contributed by atoms with van der Waals surface area (Å²) in [5.41, 5.74) is 1.27. The van der Waals surface area contributed by atoms with Crippen molar-refractivity contribution in [3.05, 3.63) is 12.2 Å². The van der Waals surface area contributed by atoms with E-state index in [1.165, 1.54) is 31.5 Å². The van der Waals surface area contributed by atoms with Gasteiger partial charge in [0.25, 0.3) is 0 Å². The molecule has 0 radical (unpaired) electrons. The number of hydrogen-bond donors (Lipinski definition) is 1. The van der Waals surface area contributed by atoms with Gasteiger partial charge in [-0.3, -0.25) is 4.90 Å². The molecule has 0 aromatic heterocycles. The molecule has 2 heteroatoms. The van der Waals surface area contributed by atoms with Crippen LogP contribution in [-0.2, 0) is 0 Å². The zero-order chi connectivity index (χ0) is 10.4. The Morgan fingerprint density at radius 2 is 2.14 bits per heavy atom. The van der Waals surface area contributed by atoms with E-state index >= 15 is 0 Å². The first-order chi connectivity index (χ1) is 6.74. The average Bonchev–Trinajstić information content (AvgIpc) is 2.94. The van der Waals surface area contributed by atoms with Gasteiger partial charge in [-0.1, -0.05) is 12.5 Å². The second kappa shape index (κ2) is 6.20. The molecule has 0 heterocycles. The molecule has 0 atom stereocenters. The first-order valence-electron chi connectivity index (χ1n) is 5.83. The lowest BCUT2D eigenvalue weighted by Crippen LogP contribution is -2.33. The Labute approximate surface area is 88.4 Å². The molecule has 2 nitrogen and oxygen atoms in total. The van der Waals surface area contributed by atoms with E-state index in [0.29, 0.717) is 0 Å². The van der Waals surface area contributed by atoms with Crippen molar-refractivity contribution in [2.45, 2.75) is 39.2 Å². The van der Waals surface area contributed by atoms with Crippen molar-refractivity contribution in [3.63, 3.8) is 0 Å². The molecule has 14 heavy (non-hydrogen) atoms. The summed E-state index contributed by atoms with van der Waals surface area (Å²) < 4.78 is 0. The maximum atomic E-state index is 3.89. The number of hydrogen-bond acceptors (Lipinski definition) is 2. The van der Waals surface area contributed by atoms with Crippen molar-refractivity contribution in [2.75, 3.05) is 26.2 Å². The lowest BCUT2D eigenvalue weighted by molar-refractivity contribution is 0.277. The van der Waals surface area contributed by atoms with Crippen molar-refractivity contribution < 1.29 is 0 Å². The number of nitrogens with one attached hydrogen (secondary N) is 1. The summed E-state index contributed by atoms with van der Waals surface area (Å²) in [6.45, 7) is 12.8. The Hall–Kier alpha value is -0.340. The van der Waals surface area contributed by atoms with E-state index in [2.05, 4.69) is 30.6 Å². The predicted octanol–water partition coefficient (Wildman–Crippen LogP) is 2.03. The maximum absolute atomic E-state index is 3.89. The van der Waals surface area contributed by atoms with E-state index in [9.17, 15) is 0 Å². The van der Waals surface area contributed by atoms with Crippen LogP contribution in [0.25, 0.3) is 0 Å². The zero-order valence-corrected chi connectivity index (χ0v) is 9.68. The average molecular weight is 196 g/mol. The highest BCUT2D eigenvalue weighted by molar-refractivity contribution is 4.88. The smallest absolute Gasteiger partial charge is 0.0110 e. The predicted molar refractivity (Wildman–Crippen MR) is 62.6 cm³/mol. The second-order valence-corrected chi connectivity index (χ2v) is 4.32. The fourth-order valence-corrected chi connectivity index (χ4v) is 1.69. The third-order valence-corrected chi connectivity index (χ3v) is 2.77. The molecular weight excluding hydrogens is 172 g/mol. The molecule has 0 aromatic carbocycles. The Balaban J connectivity index is 1.93. The fraction of sp³-hybridized carbons (Fsp3) is 0.833. The van der Waals surface area contributed by atoms with Crippen molar-refractivity contribution in [2.24, 2.45) is 0 Å². The van der Waals surface area contributed by atoms with Gasteiger partial charge in [-0.15, -0.1) is 6.58 Å². The summed E-state index contributed by atoms with van der Waals surface area (Å²) in [6, 6.07) is 0.906. The molecule has 0 spiro atoms. The molecule has 0 aliphatic heterocycles. The van der Waals surface area contributed by atoms with E-state index in [1.807, 2.05) is 0 Å². The standard InChI is InChI=1S/C12H24N2/c1-4-14(12-5-6-12)10-9-13-8-7-11(2)3/h12-13H,2,4-10H2,1,3H3. The van der Waals surface area contributed by atoms with Crippen molar-refractivity contribution in [1.82, 2.24) is 10.2 Å². The zero-order valence-electron chi connectivity index (χ0n) is 9.68. The van der Waals surface area contributed by atoms with Crippen LogP contribution in [0.4, 0.5) is 0 Å². The highest BCUT2D eigenvalue weighted by Gasteiger charge is 2.26. The molecule has 0 aromatic rings. The largest absolute Gasteiger partial charge is 0.315 e. The lowest BCUT2D eigenvalue weighted by atomic mass is 10.2. The lowest BCUT2D eigenvalue weighted by Gasteiger charge is -2.19. The highest BCUT2D eigenvalue weighted by Crippen LogP contribution is 2.25. The minimum atomic E-state index is 0.906. The minimum Gasteiger partial charge on any atom is -0.315 e. The van der Waals surface area contributed by atoms with Crippen LogP contribution in [0.5, 0.6) is 0 Å². The molecular formula is C12H24N2. The Morgan fingerprint density at radius 1 is 1.43 bits per heavy atom. The molecule has 0 bridgehead atoms. The first kappa shape index (κ1) is 11.7. The summed E-state index contributed by atoms with van der Waals surface area (Å²) in [6.07, 6.45) is 3.94. The van der Waals surface area contributed by atoms with E-state index in [1.54, 1.807) is 0 Å². The molecule has 1 aliphatic rings. The number of nitrogens with zero attached hydrogens (tertiary/aromatic N) is 1. The third kappa shape index (κ3) is 4.77. The molecule has 1 fully saturated rings. The quantitative estimate of drug-likeness (QED) is 0.472. The SMILES string of the molecule is C=C(C)CCNCCN(CC)C1CC1. The summed E-state index contributed by atoms with van der Waals surface area (Å²) >= 11 is 0. The van der Waals surface area contributed by atoms with Gasteiger partial charge in [-0.2, -0.15) is 0 Å². The van der Waals surface area contributed by atoms with Gasteiger partial charge >= 0.3 is 0 Å². The van der Waals surface area contributed by atoms with E-state index in [4.69, 9.17) is 0 Å². The van der Waals surface area contributed by atoms with Gasteiger partial charge in [0.15, 0.2) is 0 Å². The topological polar surface area (TPSA) is 15.3 Å². The molecule has 0 unspecified atom stereocenters. The van der Waals surface area contributed by atoms with Crippen LogP contribution in [0.15, 0.2) is 12.2 Å². The molecule has 1 aliphatic carbocycles. The van der Waals surface area contributed by atoms with Gasteiger partial charge in [0.2, 0.25) is 0 Å². The third-order valence-electron chi connectivity index (χ3n) is 2.77. The summed E-state index contributed by atoms with van der Waals surface area (Å²) in [7, 11) is 0. The van der Waals surface area contributed by atoms with Gasteiger partial charge in [-0.05, 0) is 39.3 Å². The van der Waals surface area contributed by atoms with Crippen LogP contribution >= 0.6 is 0 Å². The van der Waals surface area contributed by atoms with Crippen molar-refractivity contribution in [3.8, 4) is 0 Å². The van der Waals surface area contributed by atoms with Gasteiger partial charge in [0.05, 0.1) is 0 Å². The van der Waals surface area contributed by atoms with Crippen LogP contribution in [0.3, 0.4) is 0 Å². The molecule has 0 amide bonds. The van der Waals surface area contributed by atoms with Crippen LogP contribution in [0.2, 0.25) is 0 Å². The highest BCUT2D eigenvalue weighted by atomic mass is 15.2. The van der Waals surface area contributed by atoms with Gasteiger partial charge in [-0.25, -0.2) is 0 Å². The van der Waals surface area contributed by atoms with Crippen molar-refractivity contribution >= 4 is 0 Å². The monoisotopic (exact) mass is 196 g/mol. The van der Waals surface area contributed by atoms with Gasteiger partial charge < -0.3 is 5.32 Å². The van der Waals surface area contributed by atoms with Crippen LogP contribution in [0.1, 0.15) is 33.1 Å². The molecule has 0 saturated heterocycles. The molecule has 1 saturated carbocycles. The minimum absolute atomic E-state index is 0.906. The van der Waals surface area contributed by atoms with Crippen LogP contribution < -0.4 is 5.32 Å². The summed E-state index contributed by atoms with van der Waals surface area (Å²) in [5, 5.41) is 3.46. The molecule has 1 N–H and O–H groups in total. The van der Waals surface area contributed by atoms with Gasteiger partial charge in [0.1, 0.15) is 0 Å². The number of likely N-dealkylation sites (N-methyl/N-ethyl adjacent to an activating group) is 1. The Morgan fingerprint density at radius 3 is 2.64 bits per heavy atom. The first-order valence-corrected chi connectivity index (χ1v) is 5.83. The van der Waals surface area contributed by atoms with Crippen LogP contribution in [-0.4, -0.2) is 37.1 Å². The Kier molecular flexibility index (Phi) is 5.20.